The van der Waals surface area contributed by atoms with Gasteiger partial charge in [0.25, 0.3) is 11.8 Å². The van der Waals surface area contributed by atoms with Crippen molar-refractivity contribution in [3.8, 4) is 17.4 Å². The molecule has 5 heterocycles. The van der Waals surface area contributed by atoms with E-state index < -0.39 is 53.4 Å². The number of ether oxygens (including phenoxy) is 2. The average molecular weight is 829 g/mol. The van der Waals surface area contributed by atoms with Crippen LogP contribution in [-0.2, 0) is 19.1 Å². The Kier molecular flexibility index (Phi) is 10.9. The summed E-state index contributed by atoms with van der Waals surface area (Å²) in [6, 6.07) is 18.2. The molecule has 4 N–H and O–H groups in total. The standard InChI is InChI=1S/C44H44N8O7S/c53-38(28-18-17-26-10-5-6-11-27(26)22-28)50-51-42(56)44-24-29(44)12-3-1-2-4-16-34(47-43(57)59-30-13-9-14-30)41(55)52-25-31(23-35(52)39(54)49-44)58-40-36-32(19-21-60-36)46-37(48-40)33-15-7-8-20-45-33/h3,5-8,10-12,15,17-22,29-31,34-35H,1-2,4,9,13-14,16,23-25H2,(H,47,57)(H,49,54)(H,50,53)(H,51,56)/b12-3-/t29-,31-,34+,35+,44-/m1/s1. The third-order valence-electron chi connectivity index (χ3n) is 11.8. The zero-order valence-corrected chi connectivity index (χ0v) is 33.5. The van der Waals surface area contributed by atoms with Gasteiger partial charge in [-0.15, -0.1) is 11.3 Å². The molecule has 0 spiro atoms. The monoisotopic (exact) mass is 828 g/mol. The molecule has 15 nitrogen and oxygen atoms in total. The predicted octanol–water partition coefficient (Wildman–Crippen LogP) is 5.37. The first-order chi connectivity index (χ1) is 29.2. The number of pyridine rings is 1. The van der Waals surface area contributed by atoms with Crippen LogP contribution in [-0.4, -0.2) is 85.9 Å². The van der Waals surface area contributed by atoms with Crippen LogP contribution >= 0.6 is 11.3 Å². The number of fused-ring (bicyclic) bond motifs is 4. The van der Waals surface area contributed by atoms with E-state index in [1.807, 2.05) is 60.0 Å². The van der Waals surface area contributed by atoms with Crippen molar-refractivity contribution < 1.29 is 33.4 Å². The molecule has 9 rings (SSSR count). The van der Waals surface area contributed by atoms with Crippen molar-refractivity contribution in [2.75, 3.05) is 6.54 Å². The van der Waals surface area contributed by atoms with Crippen molar-refractivity contribution in [3.05, 3.63) is 96.0 Å². The number of carbonyl (C=O) groups excluding carboxylic acids is 5. The van der Waals surface area contributed by atoms with Gasteiger partial charge in [-0.2, -0.15) is 4.98 Å². The van der Waals surface area contributed by atoms with Crippen molar-refractivity contribution in [2.45, 2.75) is 87.6 Å². The molecule has 5 aromatic rings. The summed E-state index contributed by atoms with van der Waals surface area (Å²) in [6.07, 6.45) is 9.22. The van der Waals surface area contributed by atoms with E-state index in [9.17, 15) is 24.0 Å². The van der Waals surface area contributed by atoms with Crippen molar-refractivity contribution in [1.29, 1.82) is 0 Å². The Bertz CT molecular complexity index is 2490. The lowest BCUT2D eigenvalue weighted by Gasteiger charge is -2.31. The summed E-state index contributed by atoms with van der Waals surface area (Å²) in [6.45, 7) is 0.00685. The van der Waals surface area contributed by atoms with E-state index in [0.717, 1.165) is 36.5 Å². The van der Waals surface area contributed by atoms with Crippen LogP contribution in [0.3, 0.4) is 0 Å². The maximum absolute atomic E-state index is 14.6. The minimum atomic E-state index is -1.39. The zero-order valence-electron chi connectivity index (χ0n) is 32.7. The molecule has 2 aliphatic carbocycles. The Balaban J connectivity index is 0.979. The molecule has 3 aromatic heterocycles. The number of nitrogens with zero attached hydrogens (tertiary/aromatic N) is 4. The average Bonchev–Trinajstić information content (AvgIpc) is 3.52. The van der Waals surface area contributed by atoms with E-state index in [4.69, 9.17) is 14.5 Å². The number of carbonyl (C=O) groups is 5. The fourth-order valence-electron chi connectivity index (χ4n) is 8.12. The van der Waals surface area contributed by atoms with Crippen molar-refractivity contribution in [2.24, 2.45) is 5.92 Å². The smallest absolute Gasteiger partial charge is 0.408 e. The SMILES string of the molecule is O=C(N[C@H]1CCCC/C=C\[C@@H]2C[C@@]2(C(=O)NNC(=O)c2ccc3ccccc3c2)NC(=O)[C@@H]2C[C@@H](Oc3nc(-c4ccccn4)nc4ccsc34)CN2C1=O)OC1CCC1. The number of nitrogens with one attached hydrogen (secondary N) is 4. The van der Waals surface area contributed by atoms with Crippen LogP contribution in [0.15, 0.2) is 90.5 Å². The van der Waals surface area contributed by atoms with Crippen molar-refractivity contribution >= 4 is 62.0 Å². The second kappa shape index (κ2) is 16.7. The third-order valence-corrected chi connectivity index (χ3v) is 12.7. The topological polar surface area (TPSA) is 194 Å². The minimum Gasteiger partial charge on any atom is -0.471 e. The number of hydrogen-bond acceptors (Lipinski definition) is 11. The molecule has 2 aromatic carbocycles. The third kappa shape index (κ3) is 8.11. The summed E-state index contributed by atoms with van der Waals surface area (Å²) in [4.78, 5) is 84.8. The first kappa shape index (κ1) is 39.1. The number of aromatic nitrogens is 3. The van der Waals surface area contributed by atoms with E-state index in [1.54, 1.807) is 30.5 Å². The maximum Gasteiger partial charge on any atom is 0.408 e. The van der Waals surface area contributed by atoms with E-state index in [2.05, 4.69) is 31.5 Å². The molecule has 2 aliphatic heterocycles. The van der Waals surface area contributed by atoms with Gasteiger partial charge >= 0.3 is 6.09 Å². The molecule has 3 fully saturated rings. The number of amides is 5. The second-order valence-electron chi connectivity index (χ2n) is 15.8. The molecule has 4 aliphatic rings. The predicted molar refractivity (Wildman–Crippen MR) is 222 cm³/mol. The van der Waals surface area contributed by atoms with Crippen LogP contribution in [0.1, 0.15) is 68.1 Å². The normalized spacial score (nSPS) is 24.8. The van der Waals surface area contributed by atoms with E-state index in [-0.39, 0.29) is 31.4 Å². The molecule has 0 bridgehead atoms. The first-order valence-electron chi connectivity index (χ1n) is 20.4. The van der Waals surface area contributed by atoms with E-state index >= 15 is 0 Å². The molecule has 0 unspecified atom stereocenters. The lowest BCUT2D eigenvalue weighted by molar-refractivity contribution is -0.141. The van der Waals surface area contributed by atoms with Crippen molar-refractivity contribution in [1.82, 2.24) is 41.3 Å². The number of rotatable bonds is 7. The fourth-order valence-corrected chi connectivity index (χ4v) is 8.88. The van der Waals surface area contributed by atoms with Gasteiger partial charge in [0.1, 0.15) is 40.2 Å². The summed E-state index contributed by atoms with van der Waals surface area (Å²) >= 11 is 1.41. The van der Waals surface area contributed by atoms with Crippen LogP contribution in [0.25, 0.3) is 32.5 Å². The summed E-state index contributed by atoms with van der Waals surface area (Å²) in [5, 5.41) is 9.53. The maximum atomic E-state index is 14.6. The largest absolute Gasteiger partial charge is 0.471 e. The zero-order chi connectivity index (χ0) is 41.2. The highest BCUT2D eigenvalue weighted by Gasteiger charge is 2.61. The molecule has 5 amide bonds. The number of hydrogen-bond donors (Lipinski definition) is 4. The summed E-state index contributed by atoms with van der Waals surface area (Å²) < 4.78 is 12.9. The highest BCUT2D eigenvalue weighted by Crippen LogP contribution is 2.45. The van der Waals surface area contributed by atoms with Crippen LogP contribution < -0.4 is 26.2 Å². The Morgan fingerprint density at radius 2 is 1.75 bits per heavy atom. The number of hydrazine groups is 1. The second-order valence-corrected chi connectivity index (χ2v) is 16.7. The Labute approximate surface area is 349 Å². The van der Waals surface area contributed by atoms with Crippen LogP contribution in [0, 0.1) is 5.92 Å². The highest BCUT2D eigenvalue weighted by molar-refractivity contribution is 7.17. The lowest BCUT2D eigenvalue weighted by Crippen LogP contribution is -2.59. The highest BCUT2D eigenvalue weighted by atomic mass is 32.1. The molecule has 308 valence electrons. The van der Waals surface area contributed by atoms with Crippen LogP contribution in [0.4, 0.5) is 4.79 Å². The van der Waals surface area contributed by atoms with E-state index in [1.165, 1.54) is 16.2 Å². The Morgan fingerprint density at radius 3 is 2.57 bits per heavy atom. The number of alkyl carbamates (subject to hydrolysis) is 1. The molecule has 1 saturated heterocycles. The van der Waals surface area contributed by atoms with Crippen LogP contribution in [0.5, 0.6) is 5.88 Å². The van der Waals surface area contributed by atoms with Crippen LogP contribution in [0.2, 0.25) is 0 Å². The van der Waals surface area contributed by atoms with E-state index in [0.29, 0.717) is 52.4 Å². The van der Waals surface area contributed by atoms with Gasteiger partial charge in [-0.3, -0.25) is 35.0 Å². The molecule has 60 heavy (non-hydrogen) atoms. The van der Waals surface area contributed by atoms with Gasteiger partial charge in [0, 0.05) is 24.1 Å². The number of allylic oxidation sites excluding steroid dienone is 1. The molecule has 16 heteroatoms. The Hall–Kier alpha value is -6.42. The molecular formula is C44H44N8O7S. The Morgan fingerprint density at radius 1 is 0.900 bits per heavy atom. The van der Waals surface area contributed by atoms with Gasteiger partial charge in [0.05, 0.1) is 12.1 Å². The quantitative estimate of drug-likeness (QED) is 0.123. The van der Waals surface area contributed by atoms with Gasteiger partial charge < -0.3 is 25.0 Å². The van der Waals surface area contributed by atoms with Gasteiger partial charge in [0.2, 0.25) is 17.7 Å². The summed E-state index contributed by atoms with van der Waals surface area (Å²) in [5.41, 5.74) is 5.28. The van der Waals surface area contributed by atoms with Crippen molar-refractivity contribution in [3.63, 3.8) is 0 Å². The minimum absolute atomic E-state index is 0.00685. The molecular weight excluding hydrogens is 785 g/mol. The summed E-state index contributed by atoms with van der Waals surface area (Å²) in [7, 11) is 0. The van der Waals surface area contributed by atoms with Gasteiger partial charge in [-0.1, -0.05) is 55.0 Å². The number of benzene rings is 2. The molecule has 0 radical (unpaired) electrons. The fraction of sp³-hybridized carbons (Fsp3) is 0.364. The van der Waals surface area contributed by atoms with Gasteiger partial charge in [-0.25, -0.2) is 9.78 Å². The molecule has 2 saturated carbocycles. The molecule has 5 atom stereocenters. The summed E-state index contributed by atoms with van der Waals surface area (Å²) in [5.74, 6) is -1.80. The van der Waals surface area contributed by atoms with Gasteiger partial charge in [-0.05, 0) is 91.4 Å². The van der Waals surface area contributed by atoms with Gasteiger partial charge in [0.15, 0.2) is 5.82 Å². The number of thiophene rings is 1. The lowest BCUT2D eigenvalue weighted by atomic mass is 9.96. The first-order valence-corrected chi connectivity index (χ1v) is 21.3.